The molecule has 90 valence electrons. The lowest BCUT2D eigenvalue weighted by molar-refractivity contribution is 0.821. The molecule has 6 nitrogen and oxygen atoms in total. The number of aromatic nitrogens is 4. The first-order chi connectivity index (χ1) is 7.91. The van der Waals surface area contributed by atoms with E-state index in [0.29, 0.717) is 17.0 Å². The molecule has 0 spiro atoms. The average Bonchev–Trinajstić information content (AvgIpc) is 2.26. The summed E-state index contributed by atoms with van der Waals surface area (Å²) in [6.45, 7) is 3.77. The van der Waals surface area contributed by atoms with Crippen LogP contribution in [0.25, 0.3) is 11.2 Å². The molecule has 0 atom stereocenters. The lowest BCUT2D eigenvalue weighted by atomic mass is 10.3. The summed E-state index contributed by atoms with van der Waals surface area (Å²) in [5, 5.41) is 0. The maximum absolute atomic E-state index is 11.7. The van der Waals surface area contributed by atoms with Crippen LogP contribution in [0.15, 0.2) is 4.79 Å². The molecule has 17 heavy (non-hydrogen) atoms. The zero-order valence-electron chi connectivity index (χ0n) is 10.6. The quantitative estimate of drug-likeness (QED) is 0.713. The molecule has 0 aromatic carbocycles. The van der Waals surface area contributed by atoms with Crippen LogP contribution in [0.1, 0.15) is 11.4 Å². The van der Waals surface area contributed by atoms with Gasteiger partial charge in [-0.3, -0.25) is 4.57 Å². The molecular formula is C11H15N5O. The van der Waals surface area contributed by atoms with E-state index in [2.05, 4.69) is 15.0 Å². The van der Waals surface area contributed by atoms with Gasteiger partial charge < -0.3 is 4.90 Å². The zero-order valence-corrected chi connectivity index (χ0v) is 10.6. The van der Waals surface area contributed by atoms with Crippen LogP contribution in [-0.4, -0.2) is 33.6 Å². The Bertz CT molecular complexity index is 644. The molecule has 2 heterocycles. The van der Waals surface area contributed by atoms with Gasteiger partial charge in [-0.25, -0.2) is 14.8 Å². The predicted octanol–water partition coefficient (Wildman–Crippen LogP) is 0.406. The minimum Gasteiger partial charge on any atom is -0.361 e. The normalized spacial score (nSPS) is 10.9. The second-order valence-corrected chi connectivity index (χ2v) is 4.24. The van der Waals surface area contributed by atoms with Gasteiger partial charge in [0, 0.05) is 21.1 Å². The Morgan fingerprint density at radius 2 is 1.65 bits per heavy atom. The first kappa shape index (κ1) is 11.5. The van der Waals surface area contributed by atoms with Crippen LogP contribution in [0.2, 0.25) is 0 Å². The fourth-order valence-electron chi connectivity index (χ4n) is 1.60. The highest BCUT2D eigenvalue weighted by Gasteiger charge is 2.13. The van der Waals surface area contributed by atoms with Crippen LogP contribution in [-0.2, 0) is 7.05 Å². The largest absolute Gasteiger partial charge is 0.361 e. The maximum Gasteiger partial charge on any atom is 0.351 e. The van der Waals surface area contributed by atoms with Crippen molar-refractivity contribution >= 4 is 17.0 Å². The highest BCUT2D eigenvalue weighted by molar-refractivity contribution is 5.82. The van der Waals surface area contributed by atoms with Crippen LogP contribution in [0, 0.1) is 13.8 Å². The number of anilines is 1. The third-order valence-electron chi connectivity index (χ3n) is 2.73. The van der Waals surface area contributed by atoms with E-state index in [4.69, 9.17) is 0 Å². The summed E-state index contributed by atoms with van der Waals surface area (Å²) in [7, 11) is 5.32. The monoisotopic (exact) mass is 233 g/mol. The molecule has 0 aliphatic heterocycles. The number of rotatable bonds is 1. The van der Waals surface area contributed by atoms with Gasteiger partial charge in [-0.1, -0.05) is 0 Å². The lowest BCUT2D eigenvalue weighted by Gasteiger charge is -2.14. The van der Waals surface area contributed by atoms with Gasteiger partial charge in [0.05, 0.1) is 11.4 Å². The minimum atomic E-state index is -0.321. The number of hydrogen-bond donors (Lipinski definition) is 0. The maximum atomic E-state index is 11.7. The summed E-state index contributed by atoms with van der Waals surface area (Å²) < 4.78 is 1.42. The van der Waals surface area contributed by atoms with Crippen LogP contribution in [0.4, 0.5) is 5.82 Å². The van der Waals surface area contributed by atoms with Gasteiger partial charge in [-0.05, 0) is 13.8 Å². The number of nitrogens with zero attached hydrogens (tertiary/aromatic N) is 5. The lowest BCUT2D eigenvalue weighted by Crippen LogP contribution is -2.26. The van der Waals surface area contributed by atoms with E-state index < -0.39 is 0 Å². The molecule has 0 saturated heterocycles. The molecule has 2 aromatic heterocycles. The van der Waals surface area contributed by atoms with Crippen LogP contribution in [0.5, 0.6) is 0 Å². The number of aryl methyl sites for hydroxylation is 3. The van der Waals surface area contributed by atoms with E-state index in [9.17, 15) is 4.79 Å². The van der Waals surface area contributed by atoms with Crippen molar-refractivity contribution in [1.82, 2.24) is 19.5 Å². The van der Waals surface area contributed by atoms with E-state index in [1.807, 2.05) is 27.9 Å². The Hall–Kier alpha value is -1.98. The molecule has 0 fully saturated rings. The van der Waals surface area contributed by atoms with Gasteiger partial charge in [0.2, 0.25) is 0 Å². The van der Waals surface area contributed by atoms with E-state index in [1.165, 1.54) is 4.57 Å². The Morgan fingerprint density at radius 3 is 2.24 bits per heavy atom. The number of hydrogen-bond acceptors (Lipinski definition) is 5. The summed E-state index contributed by atoms with van der Waals surface area (Å²) in [5.41, 5.74) is 2.57. The number of fused-ring (bicyclic) bond motifs is 1. The smallest absolute Gasteiger partial charge is 0.351 e. The third kappa shape index (κ3) is 1.75. The standard InChI is InChI=1S/C11H15N5O/c1-6-7(2)13-10-8(12-6)9(15(3)4)14-11(17)16(10)5/h1-5H3. The molecule has 0 unspecified atom stereocenters. The van der Waals surface area contributed by atoms with Crippen molar-refractivity contribution in [2.24, 2.45) is 7.05 Å². The Balaban J connectivity index is 2.99. The zero-order chi connectivity index (χ0) is 12.7. The van der Waals surface area contributed by atoms with Crippen LogP contribution >= 0.6 is 0 Å². The van der Waals surface area contributed by atoms with Crippen molar-refractivity contribution in [2.75, 3.05) is 19.0 Å². The van der Waals surface area contributed by atoms with Crippen molar-refractivity contribution in [3.8, 4) is 0 Å². The Morgan fingerprint density at radius 1 is 1.06 bits per heavy atom. The summed E-state index contributed by atoms with van der Waals surface area (Å²) in [5.74, 6) is 0.554. The van der Waals surface area contributed by atoms with E-state index >= 15 is 0 Å². The van der Waals surface area contributed by atoms with Gasteiger partial charge in [0.25, 0.3) is 0 Å². The van der Waals surface area contributed by atoms with Crippen molar-refractivity contribution in [1.29, 1.82) is 0 Å². The molecule has 2 aromatic rings. The van der Waals surface area contributed by atoms with Crippen molar-refractivity contribution < 1.29 is 0 Å². The Kier molecular flexibility index (Phi) is 2.57. The minimum absolute atomic E-state index is 0.321. The molecule has 0 bridgehead atoms. The van der Waals surface area contributed by atoms with Gasteiger partial charge in [0.15, 0.2) is 11.5 Å². The third-order valence-corrected chi connectivity index (χ3v) is 2.73. The highest BCUT2D eigenvalue weighted by Crippen LogP contribution is 2.18. The van der Waals surface area contributed by atoms with Crippen LogP contribution < -0.4 is 10.6 Å². The first-order valence-corrected chi connectivity index (χ1v) is 5.31. The SMILES string of the molecule is Cc1nc2c(N(C)C)nc(=O)n(C)c2nc1C. The van der Waals surface area contributed by atoms with Gasteiger partial charge in [0.1, 0.15) is 5.52 Å². The van der Waals surface area contributed by atoms with Crippen LogP contribution in [0.3, 0.4) is 0 Å². The molecule has 0 N–H and O–H groups in total. The van der Waals surface area contributed by atoms with Gasteiger partial charge >= 0.3 is 5.69 Å². The second kappa shape index (κ2) is 3.80. The van der Waals surface area contributed by atoms with E-state index in [-0.39, 0.29) is 5.69 Å². The fraction of sp³-hybridized carbons (Fsp3) is 0.455. The average molecular weight is 233 g/mol. The summed E-state index contributed by atoms with van der Waals surface area (Å²) >= 11 is 0. The predicted molar refractivity (Wildman–Crippen MR) is 66.4 cm³/mol. The second-order valence-electron chi connectivity index (χ2n) is 4.24. The molecular weight excluding hydrogens is 218 g/mol. The summed E-state index contributed by atoms with van der Waals surface area (Å²) in [6, 6.07) is 0. The molecule has 0 saturated carbocycles. The van der Waals surface area contributed by atoms with E-state index in [1.54, 1.807) is 11.9 Å². The molecule has 0 radical (unpaired) electrons. The molecule has 0 aliphatic rings. The Labute approximate surface area is 98.9 Å². The molecule has 2 rings (SSSR count). The van der Waals surface area contributed by atoms with Gasteiger partial charge in [-0.2, -0.15) is 4.98 Å². The molecule has 0 amide bonds. The van der Waals surface area contributed by atoms with Crippen molar-refractivity contribution in [3.63, 3.8) is 0 Å². The highest BCUT2D eigenvalue weighted by atomic mass is 16.1. The van der Waals surface area contributed by atoms with Crippen molar-refractivity contribution in [2.45, 2.75) is 13.8 Å². The topological polar surface area (TPSA) is 63.9 Å². The van der Waals surface area contributed by atoms with Gasteiger partial charge in [-0.15, -0.1) is 0 Å². The van der Waals surface area contributed by atoms with Crippen molar-refractivity contribution in [3.05, 3.63) is 21.9 Å². The fourth-order valence-corrected chi connectivity index (χ4v) is 1.60. The first-order valence-electron chi connectivity index (χ1n) is 5.31. The van der Waals surface area contributed by atoms with E-state index in [0.717, 1.165) is 11.4 Å². The summed E-state index contributed by atoms with van der Waals surface area (Å²) in [4.78, 5) is 26.4. The summed E-state index contributed by atoms with van der Waals surface area (Å²) in [6.07, 6.45) is 0. The molecule has 0 aliphatic carbocycles. The molecule has 6 heteroatoms.